The molecule has 5 rings (SSSR count). The van der Waals surface area contributed by atoms with E-state index in [-0.39, 0.29) is 36.6 Å². The number of fused-ring (bicyclic) bond motifs is 1. The average molecular weight is 596 g/mol. The number of rotatable bonds is 9. The van der Waals surface area contributed by atoms with Gasteiger partial charge in [0.1, 0.15) is 11.8 Å². The maximum absolute atomic E-state index is 14.6. The minimum Gasteiger partial charge on any atom is -0.508 e. The first-order chi connectivity index (χ1) is 20.5. The van der Waals surface area contributed by atoms with Crippen molar-refractivity contribution in [3.8, 4) is 17.2 Å². The molecule has 2 heterocycles. The number of carbonyl (C=O) groups is 3. The molecule has 0 spiro atoms. The Balaban J connectivity index is 1.33. The van der Waals surface area contributed by atoms with Gasteiger partial charge < -0.3 is 35.2 Å². The summed E-state index contributed by atoms with van der Waals surface area (Å²) in [6.45, 7) is 0.527. The smallest absolute Gasteiger partial charge is 0.267 e. The molecule has 4 N–H and O–H groups in total. The van der Waals surface area contributed by atoms with E-state index in [1.54, 1.807) is 48.5 Å². The molecular weight excluding hydrogens is 564 g/mol. The number of phenols is 1. The number of aliphatic hydroxyl groups is 1. The van der Waals surface area contributed by atoms with Crippen molar-refractivity contribution in [1.29, 1.82) is 0 Å². The number of nitrogens with one attached hydrogen (secondary N) is 2. The van der Waals surface area contributed by atoms with Crippen LogP contribution >= 0.6 is 0 Å². The number of alkyl halides is 2. The standard InChI is InChI=1S/C31H31F2N3O7/c1-18-21(8-5-9-24(18)37)28(39)35-22(12-19-6-3-2-4-7-19)27(38)30(41)36-16-31(32,33)14-23(36)29(40)34-15-20-10-11-25-26(13-20)43-17-42-25/h2-11,13,22-23,27,37-38H,12,14-17H2,1H3,(H,34,40)(H,35,39)/t22-,23-,27-/m0/s1. The molecular formula is C31H31F2N3O7. The number of likely N-dealkylation sites (tertiary alicyclic amines) is 1. The molecule has 3 atom stereocenters. The van der Waals surface area contributed by atoms with E-state index in [9.17, 15) is 33.4 Å². The lowest BCUT2D eigenvalue weighted by atomic mass is 9.98. The molecule has 0 radical (unpaired) electrons. The fourth-order valence-electron chi connectivity index (χ4n) is 5.21. The second-order valence-electron chi connectivity index (χ2n) is 10.6. The normalized spacial score (nSPS) is 18.1. The Morgan fingerprint density at radius 1 is 1.02 bits per heavy atom. The third-order valence-corrected chi connectivity index (χ3v) is 7.56. The van der Waals surface area contributed by atoms with Crippen LogP contribution < -0.4 is 20.1 Å². The van der Waals surface area contributed by atoms with Gasteiger partial charge in [-0.05, 0) is 48.7 Å². The molecule has 226 valence electrons. The van der Waals surface area contributed by atoms with Crippen LogP contribution in [-0.4, -0.2) is 70.3 Å². The van der Waals surface area contributed by atoms with Crippen molar-refractivity contribution in [3.05, 3.63) is 89.0 Å². The molecule has 43 heavy (non-hydrogen) atoms. The number of hydrogen-bond donors (Lipinski definition) is 4. The monoisotopic (exact) mass is 595 g/mol. The highest BCUT2D eigenvalue weighted by atomic mass is 19.3. The highest BCUT2D eigenvalue weighted by molar-refractivity contribution is 5.97. The molecule has 1 fully saturated rings. The molecule has 3 aromatic rings. The molecule has 12 heteroatoms. The minimum atomic E-state index is -3.37. The molecule has 0 aliphatic carbocycles. The fourth-order valence-corrected chi connectivity index (χ4v) is 5.21. The Morgan fingerprint density at radius 2 is 1.77 bits per heavy atom. The van der Waals surface area contributed by atoms with Crippen LogP contribution in [0.1, 0.15) is 33.5 Å². The van der Waals surface area contributed by atoms with E-state index in [1.165, 1.54) is 25.1 Å². The zero-order valence-electron chi connectivity index (χ0n) is 23.3. The second-order valence-corrected chi connectivity index (χ2v) is 10.6. The summed E-state index contributed by atoms with van der Waals surface area (Å²) < 4.78 is 39.8. The Labute approximate surface area is 246 Å². The molecule has 0 aromatic heterocycles. The Morgan fingerprint density at radius 3 is 2.53 bits per heavy atom. The number of carbonyl (C=O) groups excluding carboxylic acids is 3. The SMILES string of the molecule is Cc1c(O)cccc1C(=O)N[C@@H](Cc1ccccc1)[C@H](O)C(=O)N1CC(F)(F)C[C@H]1C(=O)NCc1ccc2c(c1)OCO2. The Hall–Kier alpha value is -4.71. The first-order valence-corrected chi connectivity index (χ1v) is 13.7. The average Bonchev–Trinajstić information content (AvgIpc) is 3.59. The summed E-state index contributed by atoms with van der Waals surface area (Å²) in [4.78, 5) is 40.5. The van der Waals surface area contributed by atoms with E-state index in [2.05, 4.69) is 10.6 Å². The summed E-state index contributed by atoms with van der Waals surface area (Å²) in [7, 11) is 0. The number of amides is 3. The summed E-state index contributed by atoms with van der Waals surface area (Å²) in [5.41, 5.74) is 1.70. The van der Waals surface area contributed by atoms with Gasteiger partial charge >= 0.3 is 0 Å². The van der Waals surface area contributed by atoms with Gasteiger partial charge in [-0.25, -0.2) is 8.78 Å². The highest BCUT2D eigenvalue weighted by Crippen LogP contribution is 2.34. The highest BCUT2D eigenvalue weighted by Gasteiger charge is 2.51. The summed E-state index contributed by atoms with van der Waals surface area (Å²) in [6, 6.07) is 15.3. The van der Waals surface area contributed by atoms with Crippen LogP contribution in [0.4, 0.5) is 8.78 Å². The summed E-state index contributed by atoms with van der Waals surface area (Å²) in [6.07, 6.45) is -2.89. The summed E-state index contributed by atoms with van der Waals surface area (Å²) in [5.74, 6) is -5.04. The number of ether oxygens (including phenoxy) is 2. The molecule has 2 aliphatic heterocycles. The number of hydrogen-bond acceptors (Lipinski definition) is 7. The number of nitrogens with zero attached hydrogens (tertiary/aromatic N) is 1. The van der Waals surface area contributed by atoms with Crippen LogP contribution in [0.25, 0.3) is 0 Å². The van der Waals surface area contributed by atoms with E-state index in [0.717, 1.165) is 0 Å². The fraction of sp³-hybridized carbons (Fsp3) is 0.323. The molecule has 3 amide bonds. The van der Waals surface area contributed by atoms with Crippen molar-refractivity contribution >= 4 is 17.7 Å². The van der Waals surface area contributed by atoms with Gasteiger partial charge in [0.15, 0.2) is 17.6 Å². The Bertz CT molecular complexity index is 1520. The van der Waals surface area contributed by atoms with Crippen molar-refractivity contribution in [1.82, 2.24) is 15.5 Å². The summed E-state index contributed by atoms with van der Waals surface area (Å²) >= 11 is 0. The van der Waals surface area contributed by atoms with E-state index < -0.39 is 54.8 Å². The number of benzene rings is 3. The molecule has 0 bridgehead atoms. The van der Waals surface area contributed by atoms with E-state index >= 15 is 0 Å². The summed E-state index contributed by atoms with van der Waals surface area (Å²) in [5, 5.41) is 26.5. The van der Waals surface area contributed by atoms with Crippen LogP contribution in [-0.2, 0) is 22.6 Å². The molecule has 10 nitrogen and oxygen atoms in total. The lowest BCUT2D eigenvalue weighted by molar-refractivity contribution is -0.147. The number of aliphatic hydroxyl groups excluding tert-OH is 1. The molecule has 2 aliphatic rings. The molecule has 0 unspecified atom stereocenters. The van der Waals surface area contributed by atoms with E-state index in [1.807, 2.05) is 0 Å². The van der Waals surface area contributed by atoms with Crippen LogP contribution in [0.5, 0.6) is 17.2 Å². The van der Waals surface area contributed by atoms with Crippen molar-refractivity contribution in [2.75, 3.05) is 13.3 Å². The zero-order chi connectivity index (χ0) is 30.7. The van der Waals surface area contributed by atoms with Gasteiger partial charge in [0.05, 0.1) is 12.6 Å². The van der Waals surface area contributed by atoms with Crippen LogP contribution in [0.2, 0.25) is 0 Å². The lowest BCUT2D eigenvalue weighted by Crippen LogP contribution is -2.55. The van der Waals surface area contributed by atoms with Crippen LogP contribution in [0, 0.1) is 6.92 Å². The van der Waals surface area contributed by atoms with Gasteiger partial charge in [-0.1, -0.05) is 42.5 Å². The van der Waals surface area contributed by atoms with E-state index in [4.69, 9.17) is 9.47 Å². The van der Waals surface area contributed by atoms with E-state index in [0.29, 0.717) is 27.5 Å². The number of aromatic hydroxyl groups is 1. The lowest BCUT2D eigenvalue weighted by Gasteiger charge is -2.30. The first-order valence-electron chi connectivity index (χ1n) is 13.7. The number of phenolic OH excluding ortho intramolecular Hbond substituents is 1. The predicted molar refractivity (Wildman–Crippen MR) is 150 cm³/mol. The van der Waals surface area contributed by atoms with Crippen LogP contribution in [0.3, 0.4) is 0 Å². The van der Waals surface area contributed by atoms with Gasteiger partial charge in [-0.2, -0.15) is 0 Å². The maximum Gasteiger partial charge on any atom is 0.267 e. The molecule has 0 saturated carbocycles. The second kappa shape index (κ2) is 12.3. The molecule has 3 aromatic carbocycles. The van der Waals surface area contributed by atoms with Gasteiger partial charge in [0.25, 0.3) is 17.7 Å². The third kappa shape index (κ3) is 6.69. The van der Waals surface area contributed by atoms with Gasteiger partial charge in [0, 0.05) is 24.1 Å². The first kappa shape index (κ1) is 29.8. The minimum absolute atomic E-state index is 0.0113. The third-order valence-electron chi connectivity index (χ3n) is 7.56. The van der Waals surface area contributed by atoms with Crippen molar-refractivity contribution < 1.29 is 42.9 Å². The van der Waals surface area contributed by atoms with Gasteiger partial charge in [0.2, 0.25) is 12.7 Å². The van der Waals surface area contributed by atoms with Gasteiger partial charge in [-0.15, -0.1) is 0 Å². The topological polar surface area (TPSA) is 137 Å². The van der Waals surface area contributed by atoms with Crippen LogP contribution in [0.15, 0.2) is 66.7 Å². The molecule has 1 saturated heterocycles. The Kier molecular flexibility index (Phi) is 8.49. The van der Waals surface area contributed by atoms with Crippen molar-refractivity contribution in [3.63, 3.8) is 0 Å². The zero-order valence-corrected chi connectivity index (χ0v) is 23.3. The maximum atomic E-state index is 14.6. The largest absolute Gasteiger partial charge is 0.508 e. The van der Waals surface area contributed by atoms with Crippen molar-refractivity contribution in [2.24, 2.45) is 0 Å². The van der Waals surface area contributed by atoms with Gasteiger partial charge in [-0.3, -0.25) is 14.4 Å². The van der Waals surface area contributed by atoms with Crippen molar-refractivity contribution in [2.45, 2.75) is 50.4 Å². The number of halogens is 2. The quantitative estimate of drug-likeness (QED) is 0.299. The predicted octanol–water partition coefficient (Wildman–Crippen LogP) is 2.68.